The molecule has 2 aliphatic rings. The van der Waals surface area contributed by atoms with Crippen molar-refractivity contribution in [3.63, 3.8) is 0 Å². The van der Waals surface area contributed by atoms with E-state index in [4.69, 9.17) is 5.11 Å². The molecular formula is C23H34N2O3. The van der Waals surface area contributed by atoms with Crippen molar-refractivity contribution in [1.29, 1.82) is 0 Å². The molecule has 2 saturated heterocycles. The number of hydrogen-bond acceptors (Lipinski definition) is 3. The van der Waals surface area contributed by atoms with Crippen LogP contribution in [0, 0.1) is 11.3 Å². The van der Waals surface area contributed by atoms with Crippen LogP contribution in [0.25, 0.3) is 0 Å². The molecule has 0 atom stereocenters. The van der Waals surface area contributed by atoms with E-state index in [0.29, 0.717) is 25.3 Å². The Bertz CT molecular complexity index is 676. The van der Waals surface area contributed by atoms with E-state index >= 15 is 0 Å². The Kier molecular flexibility index (Phi) is 6.76. The number of amides is 2. The van der Waals surface area contributed by atoms with Gasteiger partial charge in [0.15, 0.2) is 0 Å². The number of nitrogens with zero attached hydrogens (tertiary/aromatic N) is 2. The number of carbonyl (C=O) groups is 2. The molecule has 5 nitrogen and oxygen atoms in total. The lowest BCUT2D eigenvalue weighted by Crippen LogP contribution is -2.52. The summed E-state index contributed by atoms with van der Waals surface area (Å²) in [6, 6.07) is 8.07. The van der Waals surface area contributed by atoms with Gasteiger partial charge >= 0.3 is 0 Å². The number of carbonyl (C=O) groups excluding carboxylic acids is 2. The van der Waals surface area contributed by atoms with Gasteiger partial charge in [0, 0.05) is 44.8 Å². The third-order valence-corrected chi connectivity index (χ3v) is 6.29. The number of likely N-dealkylation sites (tertiary alicyclic amines) is 2. The van der Waals surface area contributed by atoms with Crippen LogP contribution in [0.5, 0.6) is 0 Å². The molecule has 0 bridgehead atoms. The third kappa shape index (κ3) is 4.93. The van der Waals surface area contributed by atoms with E-state index in [2.05, 4.69) is 26.0 Å². The van der Waals surface area contributed by atoms with Gasteiger partial charge in [-0.1, -0.05) is 26.0 Å². The summed E-state index contributed by atoms with van der Waals surface area (Å²) in [5.41, 5.74) is 2.19. The molecule has 1 N–H and O–H groups in total. The first-order valence-corrected chi connectivity index (χ1v) is 10.7. The third-order valence-electron chi connectivity index (χ3n) is 6.29. The molecule has 154 valence electrons. The second-order valence-electron chi connectivity index (χ2n) is 8.98. The van der Waals surface area contributed by atoms with E-state index in [1.165, 1.54) is 5.56 Å². The molecular weight excluding hydrogens is 352 g/mol. The van der Waals surface area contributed by atoms with E-state index < -0.39 is 0 Å². The Balaban J connectivity index is 1.57. The van der Waals surface area contributed by atoms with Gasteiger partial charge in [-0.25, -0.2) is 0 Å². The second-order valence-corrected chi connectivity index (χ2v) is 8.98. The smallest absolute Gasteiger partial charge is 0.253 e. The molecule has 1 aromatic carbocycles. The molecule has 3 rings (SSSR count). The number of aliphatic hydroxyl groups excluding tert-OH is 1. The van der Waals surface area contributed by atoms with Crippen LogP contribution in [-0.4, -0.2) is 59.5 Å². The average molecular weight is 387 g/mol. The zero-order valence-corrected chi connectivity index (χ0v) is 17.3. The Morgan fingerprint density at radius 1 is 1.14 bits per heavy atom. The molecule has 0 aromatic heterocycles. The van der Waals surface area contributed by atoms with Crippen LogP contribution in [-0.2, 0) is 11.2 Å². The SMILES string of the molecule is CC(C)Cc1ccc(C(=O)N2CCC3(CCC(=O)N(CCCO)C3)CC2)cc1. The molecule has 2 amide bonds. The van der Waals surface area contributed by atoms with E-state index in [-0.39, 0.29) is 23.8 Å². The maximum absolute atomic E-state index is 12.9. The number of aliphatic hydroxyl groups is 1. The van der Waals surface area contributed by atoms with Gasteiger partial charge in [-0.2, -0.15) is 0 Å². The van der Waals surface area contributed by atoms with Gasteiger partial charge in [-0.05, 0) is 61.1 Å². The lowest BCUT2D eigenvalue weighted by atomic mass is 9.72. The van der Waals surface area contributed by atoms with Crippen molar-refractivity contribution in [2.45, 2.75) is 52.4 Å². The predicted octanol–water partition coefficient (Wildman–Crippen LogP) is 3.11. The number of hydrogen-bond donors (Lipinski definition) is 1. The van der Waals surface area contributed by atoms with Gasteiger partial charge in [0.05, 0.1) is 0 Å². The second kappa shape index (κ2) is 9.08. The Morgan fingerprint density at radius 3 is 2.43 bits per heavy atom. The van der Waals surface area contributed by atoms with Crippen LogP contribution >= 0.6 is 0 Å². The van der Waals surface area contributed by atoms with Crippen LogP contribution in [0.2, 0.25) is 0 Å². The monoisotopic (exact) mass is 386 g/mol. The predicted molar refractivity (Wildman–Crippen MR) is 110 cm³/mol. The normalized spacial score (nSPS) is 19.5. The summed E-state index contributed by atoms with van der Waals surface area (Å²) >= 11 is 0. The summed E-state index contributed by atoms with van der Waals surface area (Å²) in [5, 5.41) is 9.07. The maximum atomic E-state index is 12.9. The summed E-state index contributed by atoms with van der Waals surface area (Å²) < 4.78 is 0. The van der Waals surface area contributed by atoms with Crippen LogP contribution in [0.1, 0.15) is 61.9 Å². The lowest BCUT2D eigenvalue weighted by molar-refractivity contribution is -0.139. The van der Waals surface area contributed by atoms with Crippen LogP contribution in [0.4, 0.5) is 0 Å². The maximum Gasteiger partial charge on any atom is 0.253 e. The number of benzene rings is 1. The highest BCUT2D eigenvalue weighted by Gasteiger charge is 2.41. The van der Waals surface area contributed by atoms with Gasteiger partial charge in [0.2, 0.25) is 5.91 Å². The van der Waals surface area contributed by atoms with E-state index in [0.717, 1.165) is 50.9 Å². The molecule has 2 aliphatic heterocycles. The van der Waals surface area contributed by atoms with Crippen molar-refractivity contribution < 1.29 is 14.7 Å². The highest BCUT2D eigenvalue weighted by Crippen LogP contribution is 2.40. The zero-order chi connectivity index (χ0) is 20.1. The lowest BCUT2D eigenvalue weighted by Gasteiger charge is -2.47. The minimum atomic E-state index is 0.120. The molecule has 2 fully saturated rings. The fourth-order valence-electron chi connectivity index (χ4n) is 4.60. The molecule has 2 heterocycles. The topological polar surface area (TPSA) is 60.9 Å². The van der Waals surface area contributed by atoms with E-state index in [1.807, 2.05) is 21.9 Å². The Hall–Kier alpha value is -1.88. The Labute approximate surface area is 168 Å². The highest BCUT2D eigenvalue weighted by molar-refractivity contribution is 5.94. The van der Waals surface area contributed by atoms with Crippen molar-refractivity contribution in [3.8, 4) is 0 Å². The van der Waals surface area contributed by atoms with Crippen molar-refractivity contribution in [2.75, 3.05) is 32.8 Å². The van der Waals surface area contributed by atoms with Crippen LogP contribution < -0.4 is 0 Å². The first-order valence-electron chi connectivity index (χ1n) is 10.7. The molecule has 1 aromatic rings. The number of rotatable bonds is 6. The molecule has 0 aliphatic carbocycles. The minimum Gasteiger partial charge on any atom is -0.396 e. The summed E-state index contributed by atoms with van der Waals surface area (Å²) in [6.07, 6.45) is 5.09. The first-order chi connectivity index (χ1) is 13.4. The fraction of sp³-hybridized carbons (Fsp3) is 0.652. The minimum absolute atomic E-state index is 0.120. The quantitative estimate of drug-likeness (QED) is 0.817. The van der Waals surface area contributed by atoms with Crippen molar-refractivity contribution in [3.05, 3.63) is 35.4 Å². The van der Waals surface area contributed by atoms with Gasteiger partial charge in [-0.15, -0.1) is 0 Å². The highest BCUT2D eigenvalue weighted by atomic mass is 16.3. The molecule has 0 unspecified atom stereocenters. The van der Waals surface area contributed by atoms with Gasteiger partial charge in [-0.3, -0.25) is 9.59 Å². The molecule has 28 heavy (non-hydrogen) atoms. The zero-order valence-electron chi connectivity index (χ0n) is 17.3. The largest absolute Gasteiger partial charge is 0.396 e. The summed E-state index contributed by atoms with van der Waals surface area (Å²) in [6.45, 7) is 7.46. The standard InChI is InChI=1S/C23H34N2O3/c1-18(2)16-19-4-6-20(7-5-19)22(28)24-13-10-23(11-14-24)9-8-21(27)25(17-23)12-3-15-26/h4-7,18,26H,3,8-17H2,1-2H3. The van der Waals surface area contributed by atoms with Crippen molar-refractivity contribution >= 4 is 11.8 Å². The number of piperidine rings is 2. The van der Waals surface area contributed by atoms with Gasteiger partial charge < -0.3 is 14.9 Å². The molecule has 0 saturated carbocycles. The first kappa shape index (κ1) is 20.8. The fourth-order valence-corrected chi connectivity index (χ4v) is 4.60. The van der Waals surface area contributed by atoms with Gasteiger partial charge in [0.1, 0.15) is 0 Å². The Morgan fingerprint density at radius 2 is 1.82 bits per heavy atom. The van der Waals surface area contributed by atoms with Crippen LogP contribution in [0.15, 0.2) is 24.3 Å². The summed E-state index contributed by atoms with van der Waals surface area (Å²) in [5.74, 6) is 0.938. The molecule has 0 radical (unpaired) electrons. The summed E-state index contributed by atoms with van der Waals surface area (Å²) in [4.78, 5) is 28.9. The van der Waals surface area contributed by atoms with E-state index in [9.17, 15) is 9.59 Å². The summed E-state index contributed by atoms with van der Waals surface area (Å²) in [7, 11) is 0. The van der Waals surface area contributed by atoms with Crippen LogP contribution in [0.3, 0.4) is 0 Å². The average Bonchev–Trinajstić information content (AvgIpc) is 2.69. The van der Waals surface area contributed by atoms with Crippen molar-refractivity contribution in [2.24, 2.45) is 11.3 Å². The van der Waals surface area contributed by atoms with Crippen molar-refractivity contribution in [1.82, 2.24) is 9.80 Å². The van der Waals surface area contributed by atoms with Gasteiger partial charge in [0.25, 0.3) is 5.91 Å². The molecule has 1 spiro atoms. The van der Waals surface area contributed by atoms with E-state index in [1.54, 1.807) is 0 Å². The molecule has 5 heteroatoms.